The van der Waals surface area contributed by atoms with Gasteiger partial charge in [0.1, 0.15) is 9.84 Å². The van der Waals surface area contributed by atoms with E-state index in [0.717, 1.165) is 12.0 Å². The normalized spacial score (nSPS) is 13.7. The van der Waals surface area contributed by atoms with Crippen molar-refractivity contribution in [3.8, 4) is 0 Å². The van der Waals surface area contributed by atoms with Crippen molar-refractivity contribution < 1.29 is 8.42 Å². The van der Waals surface area contributed by atoms with Gasteiger partial charge in [-0.3, -0.25) is 0 Å². The van der Waals surface area contributed by atoms with Gasteiger partial charge in [0.2, 0.25) is 0 Å². The molecular weight excluding hydrogens is 210 g/mol. The third-order valence-electron chi connectivity index (χ3n) is 2.20. The molecule has 0 saturated carbocycles. The number of nitrogens with two attached hydrogens (primary N) is 1. The Morgan fingerprint density at radius 3 is 2.40 bits per heavy atom. The van der Waals surface area contributed by atoms with Crippen molar-refractivity contribution in [2.75, 3.05) is 12.0 Å². The molecule has 0 bridgehead atoms. The fraction of sp³-hybridized carbons (Fsp3) is 0.455. The first kappa shape index (κ1) is 12.2. The van der Waals surface area contributed by atoms with Crippen LogP contribution in [-0.2, 0) is 16.3 Å². The van der Waals surface area contributed by atoms with E-state index in [1.807, 2.05) is 30.3 Å². The summed E-state index contributed by atoms with van der Waals surface area (Å²) < 4.78 is 21.9. The highest BCUT2D eigenvalue weighted by Gasteiger charge is 2.08. The van der Waals surface area contributed by atoms with Gasteiger partial charge >= 0.3 is 0 Å². The number of hydrogen-bond donors (Lipinski definition) is 1. The van der Waals surface area contributed by atoms with Crippen molar-refractivity contribution in [1.29, 1.82) is 0 Å². The first-order chi connectivity index (χ1) is 6.97. The van der Waals surface area contributed by atoms with E-state index in [-0.39, 0.29) is 11.8 Å². The summed E-state index contributed by atoms with van der Waals surface area (Å²) in [6.45, 7) is 0. The number of sulfone groups is 1. The molecule has 1 unspecified atom stereocenters. The highest BCUT2D eigenvalue weighted by molar-refractivity contribution is 7.90. The van der Waals surface area contributed by atoms with Crippen molar-refractivity contribution in [2.24, 2.45) is 5.73 Å². The summed E-state index contributed by atoms with van der Waals surface area (Å²) in [6, 6.07) is 9.78. The molecule has 1 aromatic carbocycles. The third kappa shape index (κ3) is 5.54. The van der Waals surface area contributed by atoms with Crippen molar-refractivity contribution >= 4 is 9.84 Å². The van der Waals surface area contributed by atoms with Gasteiger partial charge in [0, 0.05) is 12.3 Å². The fourth-order valence-corrected chi connectivity index (χ4v) is 2.12. The second kappa shape index (κ2) is 5.28. The smallest absolute Gasteiger partial charge is 0.147 e. The van der Waals surface area contributed by atoms with Crippen LogP contribution < -0.4 is 5.73 Å². The first-order valence-corrected chi connectivity index (χ1v) is 7.00. The number of hydrogen-bond acceptors (Lipinski definition) is 3. The Kier molecular flexibility index (Phi) is 4.29. The lowest BCUT2D eigenvalue weighted by atomic mass is 10.1. The topological polar surface area (TPSA) is 60.2 Å². The minimum atomic E-state index is -2.89. The van der Waals surface area contributed by atoms with E-state index in [1.165, 1.54) is 6.26 Å². The lowest BCUT2D eigenvalue weighted by Gasteiger charge is -2.10. The van der Waals surface area contributed by atoms with E-state index in [4.69, 9.17) is 5.73 Å². The molecule has 0 aromatic heterocycles. The standard InChI is InChI=1S/C11H17NO2S/c1-15(13,14)8-7-11(12)9-10-5-3-2-4-6-10/h2-6,11H,7-9,12H2,1H3. The van der Waals surface area contributed by atoms with Crippen LogP contribution in [0.15, 0.2) is 30.3 Å². The van der Waals surface area contributed by atoms with E-state index in [1.54, 1.807) is 0 Å². The van der Waals surface area contributed by atoms with Crippen LogP contribution in [0, 0.1) is 0 Å². The molecule has 3 nitrogen and oxygen atoms in total. The second-order valence-electron chi connectivity index (χ2n) is 3.87. The summed E-state index contributed by atoms with van der Waals surface area (Å²) in [5.41, 5.74) is 7.00. The van der Waals surface area contributed by atoms with Crippen LogP contribution in [-0.4, -0.2) is 26.5 Å². The zero-order valence-corrected chi connectivity index (χ0v) is 9.70. The monoisotopic (exact) mass is 227 g/mol. The van der Waals surface area contributed by atoms with Crippen LogP contribution >= 0.6 is 0 Å². The largest absolute Gasteiger partial charge is 0.327 e. The van der Waals surface area contributed by atoms with E-state index >= 15 is 0 Å². The van der Waals surface area contributed by atoms with Gasteiger partial charge in [-0.2, -0.15) is 0 Å². The molecule has 1 atom stereocenters. The molecule has 0 heterocycles. The van der Waals surface area contributed by atoms with Crippen LogP contribution in [0.25, 0.3) is 0 Å². The average Bonchev–Trinajstić information content (AvgIpc) is 2.15. The highest BCUT2D eigenvalue weighted by Crippen LogP contribution is 2.04. The van der Waals surface area contributed by atoms with Crippen LogP contribution in [0.3, 0.4) is 0 Å². The van der Waals surface area contributed by atoms with Crippen LogP contribution in [0.1, 0.15) is 12.0 Å². The predicted molar refractivity (Wildman–Crippen MR) is 62.4 cm³/mol. The maximum atomic E-state index is 10.9. The lowest BCUT2D eigenvalue weighted by molar-refractivity contribution is 0.586. The predicted octanol–water partition coefficient (Wildman–Crippen LogP) is 0.991. The minimum Gasteiger partial charge on any atom is -0.327 e. The maximum Gasteiger partial charge on any atom is 0.147 e. The second-order valence-corrected chi connectivity index (χ2v) is 6.13. The van der Waals surface area contributed by atoms with Gasteiger partial charge in [-0.05, 0) is 18.4 Å². The number of benzene rings is 1. The average molecular weight is 227 g/mol. The summed E-state index contributed by atoms with van der Waals surface area (Å²) in [4.78, 5) is 0. The Morgan fingerprint density at radius 2 is 1.87 bits per heavy atom. The summed E-state index contributed by atoms with van der Waals surface area (Å²) in [6.07, 6.45) is 2.49. The molecule has 84 valence electrons. The number of rotatable bonds is 5. The molecule has 2 N–H and O–H groups in total. The Morgan fingerprint density at radius 1 is 1.27 bits per heavy atom. The Labute approximate surface area is 91.2 Å². The summed E-state index contributed by atoms with van der Waals surface area (Å²) in [5.74, 6) is 0.168. The molecular formula is C11H17NO2S. The van der Waals surface area contributed by atoms with Crippen LogP contribution in [0.4, 0.5) is 0 Å². The van der Waals surface area contributed by atoms with Gasteiger partial charge in [-0.15, -0.1) is 0 Å². The Hall–Kier alpha value is -0.870. The molecule has 1 rings (SSSR count). The Balaban J connectivity index is 2.40. The molecule has 1 aromatic rings. The van der Waals surface area contributed by atoms with Gasteiger partial charge in [-0.25, -0.2) is 8.42 Å². The minimum absolute atomic E-state index is 0.0814. The summed E-state index contributed by atoms with van der Waals surface area (Å²) in [5, 5.41) is 0. The highest BCUT2D eigenvalue weighted by atomic mass is 32.2. The van der Waals surface area contributed by atoms with Crippen LogP contribution in [0.2, 0.25) is 0 Å². The van der Waals surface area contributed by atoms with Crippen molar-refractivity contribution in [1.82, 2.24) is 0 Å². The summed E-state index contributed by atoms with van der Waals surface area (Å²) >= 11 is 0. The molecule has 0 aliphatic carbocycles. The quantitative estimate of drug-likeness (QED) is 0.816. The molecule has 0 saturated heterocycles. The zero-order valence-electron chi connectivity index (χ0n) is 8.89. The van der Waals surface area contributed by atoms with E-state index in [0.29, 0.717) is 6.42 Å². The van der Waals surface area contributed by atoms with Gasteiger partial charge in [0.25, 0.3) is 0 Å². The van der Waals surface area contributed by atoms with Gasteiger partial charge < -0.3 is 5.73 Å². The summed E-state index contributed by atoms with van der Waals surface area (Å²) in [7, 11) is -2.89. The fourth-order valence-electron chi connectivity index (χ4n) is 1.38. The molecule has 0 aliphatic rings. The molecule has 0 aliphatic heterocycles. The lowest BCUT2D eigenvalue weighted by Crippen LogP contribution is -2.25. The molecule has 0 radical (unpaired) electrons. The zero-order chi connectivity index (χ0) is 11.3. The Bertz CT molecular complexity index is 386. The molecule has 4 heteroatoms. The van der Waals surface area contributed by atoms with Crippen molar-refractivity contribution in [2.45, 2.75) is 18.9 Å². The van der Waals surface area contributed by atoms with Crippen molar-refractivity contribution in [3.05, 3.63) is 35.9 Å². The van der Waals surface area contributed by atoms with E-state index in [2.05, 4.69) is 0 Å². The molecule has 15 heavy (non-hydrogen) atoms. The molecule has 0 spiro atoms. The SMILES string of the molecule is CS(=O)(=O)CCC(N)Cc1ccccc1. The molecule has 0 amide bonds. The maximum absolute atomic E-state index is 10.9. The third-order valence-corrected chi connectivity index (χ3v) is 3.18. The van der Waals surface area contributed by atoms with Crippen molar-refractivity contribution in [3.63, 3.8) is 0 Å². The van der Waals surface area contributed by atoms with Gasteiger partial charge in [-0.1, -0.05) is 30.3 Å². The van der Waals surface area contributed by atoms with E-state index in [9.17, 15) is 8.42 Å². The van der Waals surface area contributed by atoms with Gasteiger partial charge in [0.05, 0.1) is 5.75 Å². The van der Waals surface area contributed by atoms with Gasteiger partial charge in [0.15, 0.2) is 0 Å². The first-order valence-electron chi connectivity index (χ1n) is 4.94. The van der Waals surface area contributed by atoms with E-state index < -0.39 is 9.84 Å². The van der Waals surface area contributed by atoms with Crippen LogP contribution in [0.5, 0.6) is 0 Å². The molecule has 0 fully saturated rings.